The Labute approximate surface area is 119 Å². The van der Waals surface area contributed by atoms with Gasteiger partial charge in [0.1, 0.15) is 0 Å². The second kappa shape index (κ2) is 5.54. The number of ether oxygens (including phenoxy) is 1. The minimum Gasteiger partial charge on any atom is -0.380 e. The molecule has 0 saturated carbocycles. The van der Waals surface area contributed by atoms with Crippen molar-refractivity contribution >= 4 is 5.91 Å². The predicted molar refractivity (Wildman–Crippen MR) is 74.1 cm³/mol. The number of hydrogen-bond acceptors (Lipinski definition) is 4. The van der Waals surface area contributed by atoms with Crippen molar-refractivity contribution in [3.05, 3.63) is 18.0 Å². The zero-order chi connectivity index (χ0) is 14.1. The average molecular weight is 278 g/mol. The lowest BCUT2D eigenvalue weighted by Crippen LogP contribution is -2.45. The van der Waals surface area contributed by atoms with Crippen LogP contribution in [0.4, 0.5) is 0 Å². The maximum absolute atomic E-state index is 12.1. The molecule has 0 radical (unpaired) electrons. The third-order valence-corrected chi connectivity index (χ3v) is 4.36. The van der Waals surface area contributed by atoms with E-state index >= 15 is 0 Å². The lowest BCUT2D eigenvalue weighted by Gasteiger charge is -2.31. The summed E-state index contributed by atoms with van der Waals surface area (Å²) in [6.45, 7) is 1.60. The normalized spacial score (nSPS) is 31.0. The predicted octanol–water partition coefficient (Wildman–Crippen LogP) is 0.460. The van der Waals surface area contributed by atoms with Crippen LogP contribution in [0.5, 0.6) is 0 Å². The Kier molecular flexibility index (Phi) is 3.76. The van der Waals surface area contributed by atoms with E-state index in [1.165, 1.54) is 0 Å². The highest BCUT2D eigenvalue weighted by atomic mass is 16.5. The molecule has 0 aliphatic carbocycles. The molecule has 2 aliphatic rings. The van der Waals surface area contributed by atoms with Gasteiger partial charge in [0.25, 0.3) is 0 Å². The van der Waals surface area contributed by atoms with Crippen LogP contribution in [0.25, 0.3) is 0 Å². The van der Waals surface area contributed by atoms with Gasteiger partial charge in [0.15, 0.2) is 0 Å². The van der Waals surface area contributed by atoms with E-state index in [9.17, 15) is 4.79 Å². The van der Waals surface area contributed by atoms with E-state index in [2.05, 4.69) is 10.4 Å². The van der Waals surface area contributed by atoms with Crippen molar-refractivity contribution in [1.29, 1.82) is 0 Å². The minimum absolute atomic E-state index is 0.0527. The van der Waals surface area contributed by atoms with E-state index in [1.54, 1.807) is 6.20 Å². The first-order chi connectivity index (χ1) is 9.66. The van der Waals surface area contributed by atoms with Crippen LogP contribution >= 0.6 is 0 Å². The van der Waals surface area contributed by atoms with Crippen LogP contribution in [0.3, 0.4) is 0 Å². The van der Waals surface area contributed by atoms with Crippen molar-refractivity contribution in [3.63, 3.8) is 0 Å². The molecule has 1 N–H and O–H groups in total. The fourth-order valence-corrected chi connectivity index (χ4v) is 3.27. The zero-order valence-corrected chi connectivity index (χ0v) is 12.1. The lowest BCUT2D eigenvalue weighted by atomic mass is 10.0. The highest BCUT2D eigenvalue weighted by Crippen LogP contribution is 2.32. The summed E-state index contributed by atoms with van der Waals surface area (Å²) in [7, 11) is 3.80. The Hall–Kier alpha value is -1.40. The third-order valence-electron chi connectivity index (χ3n) is 4.36. The fraction of sp³-hybridized carbons (Fsp3) is 0.714. The van der Waals surface area contributed by atoms with E-state index in [0.29, 0.717) is 12.5 Å². The summed E-state index contributed by atoms with van der Waals surface area (Å²) >= 11 is 0. The van der Waals surface area contributed by atoms with E-state index < -0.39 is 0 Å². The largest absolute Gasteiger partial charge is 0.380 e. The fourth-order valence-electron chi connectivity index (χ4n) is 3.27. The van der Waals surface area contributed by atoms with Crippen molar-refractivity contribution in [2.75, 3.05) is 20.3 Å². The molecule has 20 heavy (non-hydrogen) atoms. The monoisotopic (exact) mass is 278 g/mol. The summed E-state index contributed by atoms with van der Waals surface area (Å²) in [5.41, 5.74) is 1.08. The number of nitrogens with zero attached hydrogens (tertiary/aromatic N) is 3. The quantitative estimate of drug-likeness (QED) is 0.872. The number of aromatic nitrogens is 2. The van der Waals surface area contributed by atoms with Gasteiger partial charge in [-0.3, -0.25) is 9.48 Å². The Morgan fingerprint density at radius 1 is 1.45 bits per heavy atom. The molecule has 0 aromatic carbocycles. The first-order valence-electron chi connectivity index (χ1n) is 7.24. The molecule has 2 aliphatic heterocycles. The van der Waals surface area contributed by atoms with Crippen LogP contribution in [0.15, 0.2) is 12.3 Å². The first-order valence-corrected chi connectivity index (χ1v) is 7.24. The SMILES string of the molecule is CN1C(=O)C[C@@H](N[C@H]2CCCOC2)[C@@H]1c1ccnn1C. The van der Waals surface area contributed by atoms with Crippen molar-refractivity contribution < 1.29 is 9.53 Å². The van der Waals surface area contributed by atoms with Crippen LogP contribution in [-0.2, 0) is 16.6 Å². The summed E-state index contributed by atoms with van der Waals surface area (Å²) in [4.78, 5) is 13.9. The molecule has 2 fully saturated rings. The van der Waals surface area contributed by atoms with Gasteiger partial charge in [0, 0.05) is 45.4 Å². The van der Waals surface area contributed by atoms with Crippen LogP contribution < -0.4 is 5.32 Å². The Morgan fingerprint density at radius 3 is 2.95 bits per heavy atom. The molecule has 1 aromatic rings. The standard InChI is InChI=1S/C14H22N4O2/c1-17-13(19)8-11(16-10-4-3-7-20-9-10)14(17)12-5-6-15-18(12)2/h5-6,10-11,14,16H,3-4,7-9H2,1-2H3/t10-,11+,14+/m0/s1. The average Bonchev–Trinajstić information content (AvgIpc) is 2.96. The zero-order valence-electron chi connectivity index (χ0n) is 12.1. The number of hydrogen-bond donors (Lipinski definition) is 1. The van der Waals surface area contributed by atoms with E-state index in [4.69, 9.17) is 4.74 Å². The molecule has 3 rings (SSSR count). The van der Waals surface area contributed by atoms with Gasteiger partial charge in [-0.1, -0.05) is 0 Å². The van der Waals surface area contributed by atoms with Gasteiger partial charge in [0.05, 0.1) is 18.3 Å². The van der Waals surface area contributed by atoms with Crippen molar-refractivity contribution in [2.24, 2.45) is 7.05 Å². The molecule has 1 aromatic heterocycles. The molecular formula is C14H22N4O2. The summed E-state index contributed by atoms with van der Waals surface area (Å²) in [6.07, 6.45) is 4.53. The van der Waals surface area contributed by atoms with Crippen LogP contribution in [0.1, 0.15) is 31.0 Å². The molecule has 1 amide bonds. The Morgan fingerprint density at radius 2 is 2.30 bits per heavy atom. The topological polar surface area (TPSA) is 59.4 Å². The van der Waals surface area contributed by atoms with Gasteiger partial charge in [-0.2, -0.15) is 5.10 Å². The van der Waals surface area contributed by atoms with E-state index in [-0.39, 0.29) is 18.0 Å². The van der Waals surface area contributed by atoms with Crippen LogP contribution in [-0.4, -0.2) is 52.9 Å². The van der Waals surface area contributed by atoms with Crippen molar-refractivity contribution in [1.82, 2.24) is 20.0 Å². The second-order valence-electron chi connectivity index (χ2n) is 5.72. The third kappa shape index (κ3) is 2.45. The molecule has 2 saturated heterocycles. The molecule has 6 heteroatoms. The van der Waals surface area contributed by atoms with Gasteiger partial charge in [-0.05, 0) is 18.9 Å². The number of nitrogens with one attached hydrogen (secondary N) is 1. The first kappa shape index (κ1) is 13.6. The second-order valence-corrected chi connectivity index (χ2v) is 5.72. The molecular weight excluding hydrogens is 256 g/mol. The lowest BCUT2D eigenvalue weighted by molar-refractivity contribution is -0.127. The molecule has 0 unspecified atom stereocenters. The molecule has 0 bridgehead atoms. The number of likely N-dealkylation sites (tertiary alicyclic amines) is 1. The van der Waals surface area contributed by atoms with Crippen LogP contribution in [0, 0.1) is 0 Å². The molecule has 3 atom stereocenters. The number of amides is 1. The summed E-state index contributed by atoms with van der Waals surface area (Å²) < 4.78 is 7.37. The maximum Gasteiger partial charge on any atom is 0.224 e. The van der Waals surface area contributed by atoms with Gasteiger partial charge >= 0.3 is 0 Å². The maximum atomic E-state index is 12.1. The van der Waals surface area contributed by atoms with Crippen molar-refractivity contribution in [3.8, 4) is 0 Å². The molecule has 3 heterocycles. The summed E-state index contributed by atoms with van der Waals surface area (Å²) in [5, 5.41) is 7.84. The number of rotatable bonds is 3. The smallest absolute Gasteiger partial charge is 0.224 e. The van der Waals surface area contributed by atoms with Gasteiger partial charge < -0.3 is 15.0 Å². The molecule has 0 spiro atoms. The number of likely N-dealkylation sites (N-methyl/N-ethyl adjacent to an activating group) is 1. The highest BCUT2D eigenvalue weighted by molar-refractivity contribution is 5.80. The van der Waals surface area contributed by atoms with Gasteiger partial charge in [-0.25, -0.2) is 0 Å². The molecule has 6 nitrogen and oxygen atoms in total. The van der Waals surface area contributed by atoms with E-state index in [1.807, 2.05) is 29.7 Å². The summed E-state index contributed by atoms with van der Waals surface area (Å²) in [6, 6.07) is 2.53. The van der Waals surface area contributed by atoms with Gasteiger partial charge in [-0.15, -0.1) is 0 Å². The van der Waals surface area contributed by atoms with E-state index in [0.717, 1.165) is 31.7 Å². The number of aryl methyl sites for hydroxylation is 1. The Bertz CT molecular complexity index is 481. The number of carbonyl (C=O) groups is 1. The number of carbonyl (C=O) groups excluding carboxylic acids is 1. The van der Waals surface area contributed by atoms with Crippen molar-refractivity contribution in [2.45, 2.75) is 37.4 Å². The highest BCUT2D eigenvalue weighted by Gasteiger charge is 2.40. The van der Waals surface area contributed by atoms with Crippen LogP contribution in [0.2, 0.25) is 0 Å². The Balaban J connectivity index is 1.77. The van der Waals surface area contributed by atoms with Gasteiger partial charge in [0.2, 0.25) is 5.91 Å². The minimum atomic E-state index is 0.0527. The summed E-state index contributed by atoms with van der Waals surface area (Å²) in [5.74, 6) is 0.186. The molecule has 110 valence electrons.